The van der Waals surface area contributed by atoms with Gasteiger partial charge in [-0.25, -0.2) is 19.4 Å². The Bertz CT molecular complexity index is 1120. The normalized spacial score (nSPS) is 16.2. The zero-order valence-electron chi connectivity index (χ0n) is 16.1. The number of hydrogen-bond donors (Lipinski definition) is 3. The Hall–Kier alpha value is -3.47. The maximum atomic E-state index is 12.3. The minimum Gasteiger partial charge on any atom is -0.342 e. The van der Waals surface area contributed by atoms with Crippen LogP contribution in [0.1, 0.15) is 12.7 Å². The summed E-state index contributed by atoms with van der Waals surface area (Å²) in [6, 6.07) is 8.30. The van der Waals surface area contributed by atoms with E-state index in [1.807, 2.05) is 37.3 Å². The van der Waals surface area contributed by atoms with Crippen LogP contribution >= 0.6 is 11.8 Å². The van der Waals surface area contributed by atoms with Crippen LogP contribution in [0.5, 0.6) is 0 Å². The second kappa shape index (κ2) is 8.49. The van der Waals surface area contributed by atoms with Crippen molar-refractivity contribution in [3.05, 3.63) is 42.4 Å². The molecule has 1 aliphatic heterocycles. The van der Waals surface area contributed by atoms with Crippen molar-refractivity contribution in [1.29, 1.82) is 0 Å². The van der Waals surface area contributed by atoms with Crippen molar-refractivity contribution in [2.45, 2.75) is 24.4 Å². The second-order valence-electron chi connectivity index (χ2n) is 6.54. The predicted octanol–water partition coefficient (Wildman–Crippen LogP) is 0.794. The second-order valence-corrected chi connectivity index (χ2v) is 7.50. The number of aromatic nitrogens is 4. The van der Waals surface area contributed by atoms with Gasteiger partial charge in [0.1, 0.15) is 16.9 Å². The fourth-order valence-electron chi connectivity index (χ4n) is 2.97. The Morgan fingerprint density at radius 2 is 2.07 bits per heavy atom. The number of aryl methyl sites for hydroxylation is 1. The van der Waals surface area contributed by atoms with Crippen molar-refractivity contribution < 1.29 is 14.4 Å². The quantitative estimate of drug-likeness (QED) is 0.393. The van der Waals surface area contributed by atoms with Crippen molar-refractivity contribution in [2.75, 3.05) is 12.3 Å². The number of carbonyl (C=O) groups is 3. The molecule has 154 valence electrons. The fourth-order valence-corrected chi connectivity index (χ4v) is 3.79. The molecule has 3 N–H and O–H groups in total. The lowest BCUT2D eigenvalue weighted by molar-refractivity contribution is -0.127. The summed E-state index contributed by atoms with van der Waals surface area (Å²) < 4.78 is 1.75. The van der Waals surface area contributed by atoms with Crippen LogP contribution in [0, 0.1) is 0 Å². The molecule has 4 amide bonds. The van der Waals surface area contributed by atoms with E-state index in [0.29, 0.717) is 22.9 Å². The fraction of sp³-hybridized carbons (Fsp3) is 0.263. The molecule has 11 heteroatoms. The number of para-hydroxylation sites is 1. The highest BCUT2D eigenvalue weighted by Gasteiger charge is 2.27. The van der Waals surface area contributed by atoms with Gasteiger partial charge >= 0.3 is 6.03 Å². The first kappa shape index (κ1) is 19.8. The third kappa shape index (κ3) is 4.10. The number of nitrogens with zero attached hydrogens (tertiary/aromatic N) is 4. The average Bonchev–Trinajstić information content (AvgIpc) is 3.18. The number of amides is 4. The summed E-state index contributed by atoms with van der Waals surface area (Å²) in [7, 11) is 0. The maximum absolute atomic E-state index is 12.3. The molecule has 3 heterocycles. The molecular weight excluding hydrogens is 406 g/mol. The standard InChI is InChI=1S/C19H19N7O3S/c1-2-14-23-16-12(8-21-26(16)11-6-4-3-5-7-11)18(24-14)30-10-15(27)22-13-9-20-19(29)25-17(13)28/h3-8,13H,2,9-10H2,1H3,(H,22,27)(H2,20,25,28,29). The van der Waals surface area contributed by atoms with Gasteiger partial charge in [-0.3, -0.25) is 14.9 Å². The van der Waals surface area contributed by atoms with Gasteiger partial charge in [0.05, 0.1) is 23.0 Å². The summed E-state index contributed by atoms with van der Waals surface area (Å²) in [5, 5.41) is 13.1. The van der Waals surface area contributed by atoms with Crippen LogP contribution in [0.3, 0.4) is 0 Å². The number of fused-ring (bicyclic) bond motifs is 1. The third-order valence-corrected chi connectivity index (χ3v) is 5.44. The van der Waals surface area contributed by atoms with Crippen molar-refractivity contribution in [3.8, 4) is 5.69 Å². The zero-order chi connectivity index (χ0) is 21.1. The lowest BCUT2D eigenvalue weighted by Gasteiger charge is -2.22. The lowest BCUT2D eigenvalue weighted by atomic mass is 10.2. The van der Waals surface area contributed by atoms with Gasteiger partial charge in [0, 0.05) is 13.0 Å². The number of thioether (sulfide) groups is 1. The van der Waals surface area contributed by atoms with Crippen LogP contribution in [-0.4, -0.2) is 55.9 Å². The molecule has 3 aromatic rings. The van der Waals surface area contributed by atoms with E-state index in [9.17, 15) is 14.4 Å². The molecule has 1 aromatic carbocycles. The summed E-state index contributed by atoms with van der Waals surface area (Å²) in [4.78, 5) is 44.4. The van der Waals surface area contributed by atoms with Gasteiger partial charge in [-0.1, -0.05) is 36.9 Å². The van der Waals surface area contributed by atoms with Crippen molar-refractivity contribution in [1.82, 2.24) is 35.7 Å². The first-order chi connectivity index (χ1) is 14.5. The molecule has 1 fully saturated rings. The van der Waals surface area contributed by atoms with E-state index >= 15 is 0 Å². The topological polar surface area (TPSA) is 131 Å². The lowest BCUT2D eigenvalue weighted by Crippen LogP contribution is -2.61. The average molecular weight is 425 g/mol. The molecule has 0 spiro atoms. The van der Waals surface area contributed by atoms with E-state index in [0.717, 1.165) is 11.1 Å². The predicted molar refractivity (Wildman–Crippen MR) is 110 cm³/mol. The molecule has 0 saturated carbocycles. The van der Waals surface area contributed by atoms with Gasteiger partial charge in [0.15, 0.2) is 5.65 Å². The van der Waals surface area contributed by atoms with Crippen molar-refractivity contribution in [3.63, 3.8) is 0 Å². The highest BCUT2D eigenvalue weighted by molar-refractivity contribution is 8.00. The number of rotatable bonds is 6. The van der Waals surface area contributed by atoms with E-state index in [2.05, 4.69) is 31.0 Å². The number of urea groups is 1. The number of hydrogen-bond acceptors (Lipinski definition) is 7. The van der Waals surface area contributed by atoms with Crippen LogP contribution < -0.4 is 16.0 Å². The Kier molecular flexibility index (Phi) is 5.61. The molecule has 1 saturated heterocycles. The van der Waals surface area contributed by atoms with Crippen LogP contribution in [-0.2, 0) is 16.0 Å². The van der Waals surface area contributed by atoms with Crippen LogP contribution in [0.15, 0.2) is 41.6 Å². The minimum atomic E-state index is -0.798. The monoisotopic (exact) mass is 425 g/mol. The molecule has 0 aliphatic carbocycles. The van der Waals surface area contributed by atoms with Crippen molar-refractivity contribution in [2.24, 2.45) is 0 Å². The highest BCUT2D eigenvalue weighted by atomic mass is 32.2. The largest absolute Gasteiger partial charge is 0.342 e. The molecule has 4 rings (SSSR count). The maximum Gasteiger partial charge on any atom is 0.321 e. The summed E-state index contributed by atoms with van der Waals surface area (Å²) in [6.45, 7) is 2.02. The Labute approximate surface area is 175 Å². The SMILES string of the molecule is CCc1nc(SCC(=O)NC2CNC(=O)NC2=O)c2cnn(-c3ccccc3)c2n1. The van der Waals surface area contributed by atoms with E-state index in [1.54, 1.807) is 10.9 Å². The van der Waals surface area contributed by atoms with Gasteiger partial charge in [-0.15, -0.1) is 0 Å². The number of benzene rings is 1. The van der Waals surface area contributed by atoms with Crippen molar-refractivity contribution >= 4 is 40.6 Å². The molecular formula is C19H19N7O3S. The Morgan fingerprint density at radius 3 is 2.80 bits per heavy atom. The summed E-state index contributed by atoms with van der Waals surface area (Å²) >= 11 is 1.25. The van der Waals surface area contributed by atoms with Crippen LogP contribution in [0.4, 0.5) is 4.79 Å². The van der Waals surface area contributed by atoms with Gasteiger partial charge < -0.3 is 10.6 Å². The molecule has 10 nitrogen and oxygen atoms in total. The molecule has 0 bridgehead atoms. The molecule has 30 heavy (non-hydrogen) atoms. The first-order valence-corrected chi connectivity index (χ1v) is 10.3. The number of imide groups is 1. The molecule has 1 atom stereocenters. The smallest absolute Gasteiger partial charge is 0.321 e. The number of carbonyl (C=O) groups excluding carboxylic acids is 3. The highest BCUT2D eigenvalue weighted by Crippen LogP contribution is 2.27. The molecule has 1 unspecified atom stereocenters. The number of nitrogens with one attached hydrogen (secondary N) is 3. The van der Waals surface area contributed by atoms with E-state index in [4.69, 9.17) is 0 Å². The summed E-state index contributed by atoms with van der Waals surface area (Å²) in [5.74, 6) is -0.156. The van der Waals surface area contributed by atoms with E-state index < -0.39 is 18.0 Å². The summed E-state index contributed by atoms with van der Waals surface area (Å²) in [6.07, 6.45) is 2.32. The Balaban J connectivity index is 1.52. The van der Waals surface area contributed by atoms with Gasteiger partial charge in [0.25, 0.3) is 5.91 Å². The summed E-state index contributed by atoms with van der Waals surface area (Å²) in [5.41, 5.74) is 1.55. The zero-order valence-corrected chi connectivity index (χ0v) is 16.9. The van der Waals surface area contributed by atoms with E-state index in [-0.39, 0.29) is 18.2 Å². The molecule has 2 aromatic heterocycles. The van der Waals surface area contributed by atoms with E-state index in [1.165, 1.54) is 11.8 Å². The van der Waals surface area contributed by atoms with Crippen LogP contribution in [0.2, 0.25) is 0 Å². The minimum absolute atomic E-state index is 0.0582. The van der Waals surface area contributed by atoms with Gasteiger partial charge in [-0.2, -0.15) is 5.10 Å². The van der Waals surface area contributed by atoms with Gasteiger partial charge in [0.2, 0.25) is 5.91 Å². The molecule has 0 radical (unpaired) electrons. The Morgan fingerprint density at radius 1 is 1.27 bits per heavy atom. The first-order valence-electron chi connectivity index (χ1n) is 9.36. The van der Waals surface area contributed by atoms with Gasteiger partial charge in [-0.05, 0) is 12.1 Å². The molecule has 1 aliphatic rings. The third-order valence-electron chi connectivity index (χ3n) is 4.45. The van der Waals surface area contributed by atoms with Crippen LogP contribution in [0.25, 0.3) is 16.7 Å².